The largest absolute Gasteiger partial charge is 0.327 e. The molecule has 6 heteroatoms. The summed E-state index contributed by atoms with van der Waals surface area (Å²) in [5.74, 6) is -0.0851. The van der Waals surface area contributed by atoms with E-state index < -0.39 is 5.54 Å². The van der Waals surface area contributed by atoms with Gasteiger partial charge in [0.05, 0.1) is 0 Å². The number of hydrogen-bond acceptors (Lipinski definition) is 4. The summed E-state index contributed by atoms with van der Waals surface area (Å²) in [5, 5.41) is 6.08. The van der Waals surface area contributed by atoms with Crippen LogP contribution in [0.15, 0.2) is 0 Å². The van der Waals surface area contributed by atoms with E-state index in [1.807, 2.05) is 27.9 Å². The van der Waals surface area contributed by atoms with Crippen LogP contribution in [-0.4, -0.2) is 67.6 Å². The lowest BCUT2D eigenvalue weighted by atomic mass is 10.0. The molecule has 1 saturated heterocycles. The van der Waals surface area contributed by atoms with Crippen LogP contribution in [0.1, 0.15) is 26.7 Å². The third-order valence-corrected chi connectivity index (χ3v) is 3.52. The molecule has 0 saturated carbocycles. The predicted molar refractivity (Wildman–Crippen MR) is 75.0 cm³/mol. The first-order chi connectivity index (χ1) is 8.96. The van der Waals surface area contributed by atoms with Crippen molar-refractivity contribution in [2.75, 3.05) is 40.3 Å². The maximum atomic E-state index is 12.3. The summed E-state index contributed by atoms with van der Waals surface area (Å²) in [7, 11) is 3.74. The number of urea groups is 1. The van der Waals surface area contributed by atoms with E-state index in [9.17, 15) is 9.59 Å². The third kappa shape index (κ3) is 3.45. The van der Waals surface area contributed by atoms with Gasteiger partial charge in [0, 0.05) is 13.1 Å². The molecule has 1 aliphatic heterocycles. The first-order valence-corrected chi connectivity index (χ1v) is 6.89. The molecule has 2 N–H and O–H groups in total. The van der Waals surface area contributed by atoms with Crippen molar-refractivity contribution in [3.63, 3.8) is 0 Å². The summed E-state index contributed by atoms with van der Waals surface area (Å²) in [6.07, 6.45) is 1.64. The summed E-state index contributed by atoms with van der Waals surface area (Å²) in [5.41, 5.74) is -0.718. The number of amides is 3. The highest BCUT2D eigenvalue weighted by Gasteiger charge is 2.50. The Balaban J connectivity index is 2.66. The van der Waals surface area contributed by atoms with Crippen LogP contribution in [0, 0.1) is 0 Å². The normalized spacial score (nSPS) is 18.5. The molecule has 19 heavy (non-hydrogen) atoms. The number of hydrogen-bond donors (Lipinski definition) is 2. The Morgan fingerprint density at radius 1 is 1.00 bits per heavy atom. The fraction of sp³-hybridized carbons (Fsp3) is 0.846. The highest BCUT2D eigenvalue weighted by atomic mass is 16.2. The summed E-state index contributed by atoms with van der Waals surface area (Å²) < 4.78 is 0. The monoisotopic (exact) mass is 270 g/mol. The molecule has 0 aromatic heterocycles. The van der Waals surface area contributed by atoms with Gasteiger partial charge in [0.25, 0.3) is 5.91 Å². The zero-order chi connectivity index (χ0) is 14.5. The molecular weight excluding hydrogens is 244 g/mol. The van der Waals surface area contributed by atoms with E-state index in [1.165, 1.54) is 4.90 Å². The lowest BCUT2D eigenvalue weighted by Crippen LogP contribution is -2.45. The van der Waals surface area contributed by atoms with E-state index in [4.69, 9.17) is 0 Å². The minimum atomic E-state index is -0.718. The third-order valence-electron chi connectivity index (χ3n) is 3.52. The van der Waals surface area contributed by atoms with Crippen molar-refractivity contribution >= 4 is 11.9 Å². The van der Waals surface area contributed by atoms with Crippen molar-refractivity contribution in [2.24, 2.45) is 0 Å². The molecule has 1 fully saturated rings. The van der Waals surface area contributed by atoms with Crippen LogP contribution in [0.3, 0.4) is 0 Å². The van der Waals surface area contributed by atoms with Gasteiger partial charge < -0.3 is 15.5 Å². The summed E-state index contributed by atoms with van der Waals surface area (Å²) in [6.45, 7) is 6.39. The second-order valence-electron chi connectivity index (χ2n) is 5.36. The van der Waals surface area contributed by atoms with Gasteiger partial charge in [-0.2, -0.15) is 0 Å². The second kappa shape index (κ2) is 6.86. The van der Waals surface area contributed by atoms with E-state index in [2.05, 4.69) is 10.6 Å². The molecule has 1 heterocycles. The van der Waals surface area contributed by atoms with E-state index in [0.717, 1.165) is 25.9 Å². The molecule has 0 aromatic rings. The fourth-order valence-electron chi connectivity index (χ4n) is 2.32. The number of nitrogens with zero attached hydrogens (tertiary/aromatic N) is 2. The van der Waals surface area contributed by atoms with Gasteiger partial charge in [-0.3, -0.25) is 9.69 Å². The van der Waals surface area contributed by atoms with Crippen LogP contribution < -0.4 is 10.6 Å². The molecule has 6 nitrogen and oxygen atoms in total. The number of rotatable bonds is 8. The Bertz CT molecular complexity index is 331. The number of nitrogens with one attached hydrogen (secondary N) is 2. The standard InChI is InChI=1S/C13H26N4O2/c1-13(2)11(18)16(9-5-7-14-3)12(19)17(13)10-6-8-15-4/h14-15H,5-10H2,1-4H3. The van der Waals surface area contributed by atoms with Crippen LogP contribution in [0.4, 0.5) is 4.79 Å². The summed E-state index contributed by atoms with van der Waals surface area (Å²) in [6, 6.07) is -0.151. The maximum absolute atomic E-state index is 12.3. The Labute approximate surface area is 115 Å². The molecule has 3 amide bonds. The molecule has 0 radical (unpaired) electrons. The first kappa shape index (κ1) is 15.9. The highest BCUT2D eigenvalue weighted by molar-refractivity contribution is 6.06. The molecule has 0 unspecified atom stereocenters. The first-order valence-electron chi connectivity index (χ1n) is 6.89. The van der Waals surface area contributed by atoms with E-state index in [0.29, 0.717) is 13.1 Å². The van der Waals surface area contributed by atoms with Gasteiger partial charge >= 0.3 is 6.03 Å². The zero-order valence-corrected chi connectivity index (χ0v) is 12.5. The van der Waals surface area contributed by atoms with Crippen LogP contribution in [0.25, 0.3) is 0 Å². The zero-order valence-electron chi connectivity index (χ0n) is 12.5. The van der Waals surface area contributed by atoms with E-state index in [-0.39, 0.29) is 11.9 Å². The van der Waals surface area contributed by atoms with E-state index >= 15 is 0 Å². The van der Waals surface area contributed by atoms with Gasteiger partial charge in [-0.05, 0) is 53.9 Å². The molecule has 0 aromatic carbocycles. The van der Waals surface area contributed by atoms with E-state index in [1.54, 1.807) is 4.90 Å². The fourth-order valence-corrected chi connectivity index (χ4v) is 2.32. The Morgan fingerprint density at radius 2 is 1.53 bits per heavy atom. The minimum Gasteiger partial charge on any atom is -0.320 e. The van der Waals surface area contributed by atoms with Crippen molar-refractivity contribution in [1.82, 2.24) is 20.4 Å². The molecule has 0 atom stereocenters. The highest BCUT2D eigenvalue weighted by Crippen LogP contribution is 2.27. The number of carbonyl (C=O) groups excluding carboxylic acids is 2. The van der Waals surface area contributed by atoms with Crippen LogP contribution in [0.2, 0.25) is 0 Å². The molecule has 0 aliphatic carbocycles. The topological polar surface area (TPSA) is 64.7 Å². The number of imide groups is 1. The van der Waals surface area contributed by atoms with Crippen molar-refractivity contribution in [2.45, 2.75) is 32.2 Å². The molecule has 1 aliphatic rings. The van der Waals surface area contributed by atoms with Crippen molar-refractivity contribution in [3.05, 3.63) is 0 Å². The van der Waals surface area contributed by atoms with Gasteiger partial charge in [0.15, 0.2) is 0 Å². The van der Waals surface area contributed by atoms with Crippen molar-refractivity contribution in [3.8, 4) is 0 Å². The number of carbonyl (C=O) groups is 2. The van der Waals surface area contributed by atoms with Crippen LogP contribution >= 0.6 is 0 Å². The Kier molecular flexibility index (Phi) is 5.75. The maximum Gasteiger partial charge on any atom is 0.327 e. The molecule has 0 bridgehead atoms. The predicted octanol–water partition coefficient (Wildman–Crippen LogP) is 0.248. The molecule has 1 rings (SSSR count). The van der Waals surface area contributed by atoms with Crippen LogP contribution in [-0.2, 0) is 4.79 Å². The average molecular weight is 270 g/mol. The lowest BCUT2D eigenvalue weighted by Gasteiger charge is -2.27. The van der Waals surface area contributed by atoms with Crippen molar-refractivity contribution < 1.29 is 9.59 Å². The summed E-state index contributed by atoms with van der Waals surface area (Å²) in [4.78, 5) is 27.7. The molecular formula is C13H26N4O2. The Morgan fingerprint density at radius 3 is 2.05 bits per heavy atom. The molecule has 110 valence electrons. The van der Waals surface area contributed by atoms with Gasteiger partial charge in [-0.25, -0.2) is 4.79 Å². The minimum absolute atomic E-state index is 0.0851. The quantitative estimate of drug-likeness (QED) is 0.490. The van der Waals surface area contributed by atoms with Gasteiger partial charge in [0.2, 0.25) is 0 Å². The van der Waals surface area contributed by atoms with Gasteiger partial charge in [-0.15, -0.1) is 0 Å². The lowest BCUT2D eigenvalue weighted by molar-refractivity contribution is -0.131. The molecule has 0 spiro atoms. The summed E-state index contributed by atoms with van der Waals surface area (Å²) >= 11 is 0. The van der Waals surface area contributed by atoms with Crippen molar-refractivity contribution in [1.29, 1.82) is 0 Å². The van der Waals surface area contributed by atoms with Gasteiger partial charge in [0.1, 0.15) is 5.54 Å². The second-order valence-corrected chi connectivity index (χ2v) is 5.36. The smallest absolute Gasteiger partial charge is 0.320 e. The van der Waals surface area contributed by atoms with Gasteiger partial charge in [-0.1, -0.05) is 0 Å². The average Bonchev–Trinajstić information content (AvgIpc) is 2.52. The SMILES string of the molecule is CNCCCN1C(=O)N(CCCNC)C(C)(C)C1=O. The Hall–Kier alpha value is -1.14. The van der Waals surface area contributed by atoms with Crippen LogP contribution in [0.5, 0.6) is 0 Å².